The second kappa shape index (κ2) is 9.62. The first kappa shape index (κ1) is 19.5. The van der Waals surface area contributed by atoms with Crippen molar-refractivity contribution >= 4 is 17.3 Å². The second-order valence-electron chi connectivity index (χ2n) is 6.28. The van der Waals surface area contributed by atoms with E-state index in [9.17, 15) is 8.78 Å². The van der Waals surface area contributed by atoms with Crippen LogP contribution in [0.15, 0.2) is 54.6 Å². The molecule has 0 amide bonds. The van der Waals surface area contributed by atoms with Crippen LogP contribution >= 0.6 is 12.2 Å². The zero-order valence-electron chi connectivity index (χ0n) is 14.7. The van der Waals surface area contributed by atoms with Crippen molar-refractivity contribution in [1.29, 1.82) is 0 Å². The molecule has 2 N–H and O–H groups in total. The first-order chi connectivity index (χ1) is 13.1. The summed E-state index contributed by atoms with van der Waals surface area (Å²) in [6.07, 6.45) is 2.29. The van der Waals surface area contributed by atoms with Crippen molar-refractivity contribution in [1.82, 2.24) is 10.6 Å². The van der Waals surface area contributed by atoms with Crippen molar-refractivity contribution in [2.24, 2.45) is 0 Å². The summed E-state index contributed by atoms with van der Waals surface area (Å²) in [6.45, 7) is -1.38. The van der Waals surface area contributed by atoms with E-state index in [0.717, 1.165) is 30.6 Å². The summed E-state index contributed by atoms with van der Waals surface area (Å²) in [5.41, 5.74) is 1.91. The molecule has 0 aliphatic carbocycles. The highest BCUT2D eigenvalue weighted by atomic mass is 32.1. The van der Waals surface area contributed by atoms with Crippen molar-refractivity contribution in [3.8, 4) is 5.75 Å². The van der Waals surface area contributed by atoms with Gasteiger partial charge in [-0.15, -0.1) is 0 Å². The normalized spacial score (nSPS) is 17.5. The van der Waals surface area contributed by atoms with E-state index in [2.05, 4.69) is 15.4 Å². The van der Waals surface area contributed by atoms with Gasteiger partial charge in [0.1, 0.15) is 5.75 Å². The zero-order chi connectivity index (χ0) is 19.1. The van der Waals surface area contributed by atoms with Gasteiger partial charge < -0.3 is 20.1 Å². The first-order valence-corrected chi connectivity index (χ1v) is 9.28. The summed E-state index contributed by atoms with van der Waals surface area (Å²) in [6, 6.07) is 16.2. The van der Waals surface area contributed by atoms with Gasteiger partial charge in [0.25, 0.3) is 0 Å². The highest BCUT2D eigenvalue weighted by Crippen LogP contribution is 2.25. The molecule has 2 aromatic rings. The molecule has 27 heavy (non-hydrogen) atoms. The largest absolute Gasteiger partial charge is 0.435 e. The Balaban J connectivity index is 1.70. The molecular weight excluding hydrogens is 370 g/mol. The van der Waals surface area contributed by atoms with E-state index in [0.29, 0.717) is 11.7 Å². The Morgan fingerprint density at radius 1 is 1.11 bits per heavy atom. The Hall–Kier alpha value is -2.25. The van der Waals surface area contributed by atoms with Crippen LogP contribution in [0.3, 0.4) is 0 Å². The summed E-state index contributed by atoms with van der Waals surface area (Å²) in [4.78, 5) is 0. The van der Waals surface area contributed by atoms with Crippen molar-refractivity contribution in [2.45, 2.75) is 31.6 Å². The van der Waals surface area contributed by atoms with Gasteiger partial charge in [0.2, 0.25) is 0 Å². The molecule has 2 aromatic carbocycles. The number of thiocarbonyl (C=S) groups is 1. The van der Waals surface area contributed by atoms with Crippen LogP contribution in [0.2, 0.25) is 0 Å². The van der Waals surface area contributed by atoms with E-state index in [1.165, 1.54) is 12.1 Å². The molecule has 144 valence electrons. The lowest BCUT2D eigenvalue weighted by molar-refractivity contribution is -0.0498. The molecule has 7 heteroatoms. The van der Waals surface area contributed by atoms with Crippen molar-refractivity contribution < 1.29 is 18.3 Å². The minimum atomic E-state index is -2.84. The number of rotatable bonds is 7. The minimum Gasteiger partial charge on any atom is -0.435 e. The van der Waals surface area contributed by atoms with Crippen molar-refractivity contribution in [2.75, 3.05) is 13.2 Å². The maximum Gasteiger partial charge on any atom is 0.387 e. The number of hydrogen-bond acceptors (Lipinski definition) is 3. The molecular formula is C20H22F2N2O2S. The number of nitrogens with one attached hydrogen (secondary N) is 2. The average molecular weight is 392 g/mol. The molecule has 2 atom stereocenters. The van der Waals surface area contributed by atoms with E-state index in [1.807, 2.05) is 30.3 Å². The molecule has 0 bridgehead atoms. The van der Waals surface area contributed by atoms with E-state index >= 15 is 0 Å². The first-order valence-electron chi connectivity index (χ1n) is 8.87. The van der Waals surface area contributed by atoms with Gasteiger partial charge in [-0.3, -0.25) is 0 Å². The van der Waals surface area contributed by atoms with E-state index in [1.54, 1.807) is 12.1 Å². The predicted molar refractivity (Wildman–Crippen MR) is 104 cm³/mol. The molecule has 1 fully saturated rings. The minimum absolute atomic E-state index is 0.125. The van der Waals surface area contributed by atoms with Crippen LogP contribution in [-0.4, -0.2) is 31.0 Å². The predicted octanol–water partition coefficient (Wildman–Crippen LogP) is 4.02. The van der Waals surface area contributed by atoms with Crippen LogP contribution < -0.4 is 15.4 Å². The van der Waals surface area contributed by atoms with Gasteiger partial charge in [-0.05, 0) is 48.3 Å². The Bertz CT molecular complexity index is 723. The van der Waals surface area contributed by atoms with E-state index in [-0.39, 0.29) is 17.9 Å². The van der Waals surface area contributed by atoms with Crippen molar-refractivity contribution in [3.05, 3.63) is 65.7 Å². The van der Waals surface area contributed by atoms with Gasteiger partial charge in [0.15, 0.2) is 5.11 Å². The topological polar surface area (TPSA) is 42.5 Å². The smallest absolute Gasteiger partial charge is 0.387 e. The van der Waals surface area contributed by atoms with Gasteiger partial charge in [-0.1, -0.05) is 42.5 Å². The molecule has 1 aliphatic rings. The standard InChI is InChI=1S/C20H22F2N2O2S/c21-19(22)26-16-10-8-15(9-11-16)18(14-5-2-1-3-6-14)24-20(27)23-13-17-7-4-12-25-17/h1-3,5-6,8-11,17-19H,4,7,12-13H2,(H2,23,24,27)/t17-,18+/m0/s1. The lowest BCUT2D eigenvalue weighted by Gasteiger charge is -2.23. The monoisotopic (exact) mass is 392 g/mol. The fourth-order valence-corrected chi connectivity index (χ4v) is 3.24. The lowest BCUT2D eigenvalue weighted by Crippen LogP contribution is -2.41. The van der Waals surface area contributed by atoms with Crippen LogP contribution in [0.4, 0.5) is 8.78 Å². The summed E-state index contributed by atoms with van der Waals surface area (Å²) >= 11 is 5.45. The third kappa shape index (κ3) is 5.87. The fraction of sp³-hybridized carbons (Fsp3) is 0.350. The number of benzene rings is 2. The molecule has 0 radical (unpaired) electrons. The van der Waals surface area contributed by atoms with Gasteiger partial charge in [0.05, 0.1) is 12.1 Å². The summed E-state index contributed by atoms with van der Waals surface area (Å²) in [5, 5.41) is 7.03. The van der Waals surface area contributed by atoms with Crippen LogP contribution in [0.1, 0.15) is 30.0 Å². The quantitative estimate of drug-likeness (QED) is 0.697. The third-order valence-electron chi connectivity index (χ3n) is 4.36. The maximum atomic E-state index is 12.4. The second-order valence-corrected chi connectivity index (χ2v) is 6.69. The SMILES string of the molecule is FC(F)Oc1ccc([C@H](NC(=S)NC[C@@H]2CCCO2)c2ccccc2)cc1. The molecule has 1 saturated heterocycles. The van der Waals surface area contributed by atoms with E-state index in [4.69, 9.17) is 17.0 Å². The number of ether oxygens (including phenoxy) is 2. The van der Waals surface area contributed by atoms with Gasteiger partial charge in [-0.2, -0.15) is 8.78 Å². The number of hydrogen-bond donors (Lipinski definition) is 2. The molecule has 3 rings (SSSR count). The highest BCUT2D eigenvalue weighted by molar-refractivity contribution is 7.80. The average Bonchev–Trinajstić information content (AvgIpc) is 3.19. The van der Waals surface area contributed by atoms with E-state index < -0.39 is 6.61 Å². The van der Waals surface area contributed by atoms with Crippen LogP contribution in [0, 0.1) is 0 Å². The zero-order valence-corrected chi connectivity index (χ0v) is 15.6. The Morgan fingerprint density at radius 2 is 1.81 bits per heavy atom. The highest BCUT2D eigenvalue weighted by Gasteiger charge is 2.18. The molecule has 1 aliphatic heterocycles. The van der Waals surface area contributed by atoms with Crippen LogP contribution in [0.5, 0.6) is 5.75 Å². The third-order valence-corrected chi connectivity index (χ3v) is 4.62. The molecule has 1 heterocycles. The Labute approximate surface area is 162 Å². The summed E-state index contributed by atoms with van der Waals surface area (Å²) in [5.74, 6) is 0.125. The Morgan fingerprint density at radius 3 is 2.44 bits per heavy atom. The van der Waals surface area contributed by atoms with Crippen LogP contribution in [-0.2, 0) is 4.74 Å². The molecule has 0 unspecified atom stereocenters. The molecule has 0 spiro atoms. The van der Waals surface area contributed by atoms with Gasteiger partial charge >= 0.3 is 6.61 Å². The fourth-order valence-electron chi connectivity index (χ4n) is 3.04. The molecule has 4 nitrogen and oxygen atoms in total. The van der Waals surface area contributed by atoms with Gasteiger partial charge in [0, 0.05) is 13.2 Å². The van der Waals surface area contributed by atoms with Gasteiger partial charge in [-0.25, -0.2) is 0 Å². The van der Waals surface area contributed by atoms with Crippen LogP contribution in [0.25, 0.3) is 0 Å². The Kier molecular flexibility index (Phi) is 6.95. The summed E-state index contributed by atoms with van der Waals surface area (Å²) < 4.78 is 34.7. The molecule has 0 saturated carbocycles. The summed E-state index contributed by atoms with van der Waals surface area (Å²) in [7, 11) is 0. The maximum absolute atomic E-state index is 12.4. The lowest BCUT2D eigenvalue weighted by atomic mass is 9.99. The number of alkyl halides is 2. The van der Waals surface area contributed by atoms with Crippen molar-refractivity contribution in [3.63, 3.8) is 0 Å². The molecule has 0 aromatic heterocycles. The number of halogens is 2.